The highest BCUT2D eigenvalue weighted by atomic mass is 32.2. The second kappa shape index (κ2) is 7.01. The van der Waals surface area contributed by atoms with Crippen LogP contribution >= 0.6 is 11.8 Å². The third-order valence-electron chi connectivity index (χ3n) is 4.56. The van der Waals surface area contributed by atoms with Gasteiger partial charge in [0.15, 0.2) is 5.17 Å². The molecule has 1 fully saturated rings. The molecule has 1 saturated heterocycles. The molecule has 0 atom stereocenters. The normalized spacial score (nSPS) is 17.2. The van der Waals surface area contributed by atoms with Gasteiger partial charge in [-0.3, -0.25) is 9.69 Å². The van der Waals surface area contributed by atoms with Crippen molar-refractivity contribution in [1.82, 2.24) is 9.47 Å². The molecule has 0 unspecified atom stereocenters. The number of benzene rings is 2. The zero-order valence-electron chi connectivity index (χ0n) is 15.3. The highest BCUT2D eigenvalue weighted by Gasteiger charge is 2.30. The predicted molar refractivity (Wildman–Crippen MR) is 112 cm³/mol. The first-order chi connectivity index (χ1) is 13.4. The number of amidine groups is 1. The average molecular weight is 391 g/mol. The summed E-state index contributed by atoms with van der Waals surface area (Å²) in [5.74, 6) is -1.10. The monoisotopic (exact) mass is 391 g/mol. The number of thioether (sulfide) groups is 1. The molecule has 1 aromatic heterocycles. The van der Waals surface area contributed by atoms with Crippen molar-refractivity contribution in [3.8, 4) is 0 Å². The quantitative estimate of drug-likeness (QED) is 0.682. The predicted octanol–water partition coefficient (Wildman–Crippen LogP) is 4.11. The number of nitrogens with zero attached hydrogens (tertiary/aromatic N) is 3. The van der Waals surface area contributed by atoms with Gasteiger partial charge in [0.05, 0.1) is 16.2 Å². The van der Waals surface area contributed by atoms with E-state index in [2.05, 4.69) is 4.99 Å². The van der Waals surface area contributed by atoms with E-state index in [1.165, 1.54) is 28.8 Å². The van der Waals surface area contributed by atoms with Crippen LogP contribution in [0.15, 0.2) is 64.6 Å². The van der Waals surface area contributed by atoms with Crippen molar-refractivity contribution >= 4 is 51.5 Å². The number of likely N-dealkylation sites (N-methyl/N-ethyl adjacent to an activating group) is 1. The molecule has 0 radical (unpaired) electrons. The van der Waals surface area contributed by atoms with Gasteiger partial charge in [0.1, 0.15) is 0 Å². The van der Waals surface area contributed by atoms with Gasteiger partial charge in [0.25, 0.3) is 5.91 Å². The average Bonchev–Trinajstić information content (AvgIpc) is 3.14. The summed E-state index contributed by atoms with van der Waals surface area (Å²) in [6.45, 7) is 0. The number of aromatic carboxylic acids is 1. The fourth-order valence-electron chi connectivity index (χ4n) is 3.07. The van der Waals surface area contributed by atoms with Crippen LogP contribution in [0.1, 0.15) is 15.9 Å². The van der Waals surface area contributed by atoms with E-state index in [1.807, 2.05) is 48.2 Å². The van der Waals surface area contributed by atoms with Crippen LogP contribution in [-0.2, 0) is 11.8 Å². The maximum Gasteiger partial charge on any atom is 0.335 e. The van der Waals surface area contributed by atoms with E-state index >= 15 is 0 Å². The molecule has 1 aliphatic heterocycles. The SMILES string of the molecule is CN1C(=O)/C(=C/c2cn(C)c3ccccc23)SC1=Nc1ccc(C(=O)O)cc1. The molecule has 2 aromatic carbocycles. The molecule has 0 bridgehead atoms. The van der Waals surface area contributed by atoms with Gasteiger partial charge < -0.3 is 9.67 Å². The van der Waals surface area contributed by atoms with E-state index < -0.39 is 5.97 Å². The Balaban J connectivity index is 1.66. The summed E-state index contributed by atoms with van der Waals surface area (Å²) in [6, 6.07) is 14.3. The number of carboxylic acid groups (broad SMARTS) is 1. The van der Waals surface area contributed by atoms with Gasteiger partial charge in [-0.15, -0.1) is 0 Å². The molecule has 1 amide bonds. The lowest BCUT2D eigenvalue weighted by molar-refractivity contribution is -0.121. The number of carboxylic acids is 1. The molecule has 1 aliphatic rings. The van der Waals surface area contributed by atoms with Crippen LogP contribution in [0.25, 0.3) is 17.0 Å². The van der Waals surface area contributed by atoms with E-state index in [4.69, 9.17) is 5.11 Å². The van der Waals surface area contributed by atoms with Gasteiger partial charge in [-0.2, -0.15) is 0 Å². The Bertz CT molecular complexity index is 1160. The van der Waals surface area contributed by atoms with Gasteiger partial charge in [-0.25, -0.2) is 9.79 Å². The number of amides is 1. The number of rotatable bonds is 3. The van der Waals surface area contributed by atoms with Crippen molar-refractivity contribution in [2.45, 2.75) is 0 Å². The lowest BCUT2D eigenvalue weighted by Gasteiger charge is -2.07. The van der Waals surface area contributed by atoms with Crippen molar-refractivity contribution in [2.75, 3.05) is 7.05 Å². The Morgan fingerprint density at radius 2 is 1.82 bits per heavy atom. The first-order valence-corrected chi connectivity index (χ1v) is 9.39. The van der Waals surface area contributed by atoms with Crippen molar-refractivity contribution < 1.29 is 14.7 Å². The van der Waals surface area contributed by atoms with Crippen molar-refractivity contribution in [3.05, 3.63) is 70.8 Å². The largest absolute Gasteiger partial charge is 0.478 e. The number of aromatic nitrogens is 1. The minimum atomic E-state index is -0.984. The van der Waals surface area contributed by atoms with Gasteiger partial charge >= 0.3 is 5.97 Å². The molecule has 7 heteroatoms. The van der Waals surface area contributed by atoms with Gasteiger partial charge in [0, 0.05) is 36.8 Å². The molecule has 0 spiro atoms. The Kier molecular flexibility index (Phi) is 4.52. The van der Waals surface area contributed by atoms with Crippen molar-refractivity contribution in [3.63, 3.8) is 0 Å². The Morgan fingerprint density at radius 3 is 2.54 bits per heavy atom. The van der Waals surface area contributed by atoms with Crippen LogP contribution in [0.3, 0.4) is 0 Å². The minimum Gasteiger partial charge on any atom is -0.478 e. The van der Waals surface area contributed by atoms with Crippen LogP contribution in [0.2, 0.25) is 0 Å². The van der Waals surface area contributed by atoms with E-state index in [-0.39, 0.29) is 11.5 Å². The first kappa shape index (κ1) is 18.1. The molecular weight excluding hydrogens is 374 g/mol. The maximum atomic E-state index is 12.7. The molecule has 0 aliphatic carbocycles. The molecule has 28 heavy (non-hydrogen) atoms. The number of aliphatic imine (C=N–C) groups is 1. The van der Waals surface area contributed by atoms with E-state index in [0.29, 0.717) is 15.8 Å². The Morgan fingerprint density at radius 1 is 1.11 bits per heavy atom. The molecule has 1 N–H and O–H groups in total. The minimum absolute atomic E-state index is 0.112. The zero-order valence-corrected chi connectivity index (χ0v) is 16.1. The molecule has 4 rings (SSSR count). The van der Waals surface area contributed by atoms with Crippen LogP contribution in [0.4, 0.5) is 5.69 Å². The van der Waals surface area contributed by atoms with Crippen LogP contribution in [0, 0.1) is 0 Å². The fraction of sp³-hybridized carbons (Fsp3) is 0.0952. The zero-order chi connectivity index (χ0) is 19.8. The fourth-order valence-corrected chi connectivity index (χ4v) is 4.05. The standard InChI is InChI=1S/C21H17N3O3S/c1-23-12-14(16-5-3-4-6-17(16)23)11-18-19(25)24(2)21(28-18)22-15-9-7-13(8-10-15)20(26)27/h3-12H,1-2H3,(H,26,27)/b18-11-,22-21?. The number of hydrogen-bond donors (Lipinski definition) is 1. The number of aryl methyl sites for hydroxylation is 1. The van der Waals surface area contributed by atoms with Crippen molar-refractivity contribution in [1.29, 1.82) is 0 Å². The molecule has 140 valence electrons. The Labute approximate surface area is 165 Å². The number of hydrogen-bond acceptors (Lipinski definition) is 4. The third kappa shape index (κ3) is 3.20. The molecule has 6 nitrogen and oxygen atoms in total. The number of carbonyl (C=O) groups is 2. The van der Waals surface area contributed by atoms with E-state index in [9.17, 15) is 9.59 Å². The van der Waals surface area contributed by atoms with Crippen LogP contribution in [0.5, 0.6) is 0 Å². The summed E-state index contributed by atoms with van der Waals surface area (Å²) in [4.78, 5) is 30.2. The second-order valence-corrected chi connectivity index (χ2v) is 7.44. The lowest BCUT2D eigenvalue weighted by atomic mass is 10.1. The first-order valence-electron chi connectivity index (χ1n) is 8.58. The Hall–Kier alpha value is -3.32. The molecular formula is C21H17N3O3S. The lowest BCUT2D eigenvalue weighted by Crippen LogP contribution is -2.23. The highest BCUT2D eigenvalue weighted by Crippen LogP contribution is 2.34. The van der Waals surface area contributed by atoms with Gasteiger partial charge in [-0.05, 0) is 48.2 Å². The summed E-state index contributed by atoms with van der Waals surface area (Å²) >= 11 is 1.31. The summed E-state index contributed by atoms with van der Waals surface area (Å²) in [7, 11) is 3.66. The van der Waals surface area contributed by atoms with Crippen LogP contribution < -0.4 is 0 Å². The maximum absolute atomic E-state index is 12.7. The second-order valence-electron chi connectivity index (χ2n) is 6.43. The summed E-state index contributed by atoms with van der Waals surface area (Å²) < 4.78 is 2.04. The number of para-hydroxylation sites is 1. The van der Waals surface area contributed by atoms with Gasteiger partial charge in [-0.1, -0.05) is 18.2 Å². The van der Waals surface area contributed by atoms with Crippen LogP contribution in [-0.4, -0.2) is 38.7 Å². The van der Waals surface area contributed by atoms with Crippen molar-refractivity contribution in [2.24, 2.45) is 12.0 Å². The molecule has 2 heterocycles. The topological polar surface area (TPSA) is 74.9 Å². The summed E-state index contributed by atoms with van der Waals surface area (Å²) in [5, 5.41) is 10.6. The van der Waals surface area contributed by atoms with Gasteiger partial charge in [0.2, 0.25) is 0 Å². The number of fused-ring (bicyclic) bond motifs is 1. The molecule has 3 aromatic rings. The smallest absolute Gasteiger partial charge is 0.335 e. The molecule has 0 saturated carbocycles. The third-order valence-corrected chi connectivity index (χ3v) is 5.62. The summed E-state index contributed by atoms with van der Waals surface area (Å²) in [6.07, 6.45) is 3.90. The highest BCUT2D eigenvalue weighted by molar-refractivity contribution is 8.18. The number of carbonyl (C=O) groups excluding carboxylic acids is 1. The van der Waals surface area contributed by atoms with E-state index in [1.54, 1.807) is 19.2 Å². The summed E-state index contributed by atoms with van der Waals surface area (Å²) in [5.41, 5.74) is 2.88. The van der Waals surface area contributed by atoms with E-state index in [0.717, 1.165) is 16.5 Å².